The highest BCUT2D eigenvalue weighted by molar-refractivity contribution is 5.94. The summed E-state index contributed by atoms with van der Waals surface area (Å²) in [5.74, 6) is 1.45. The standard InChI is InChI=1S/C31H43N3O3/c1-31(2,3)26-15-13-25(14-16-26)30(36)34-21-19-33(20-22-34)28(24-10-5-6-11-24)29(35)32-18-17-23-9-7-8-12-27(23)37-4/h7-9,12-16,24,28H,5-6,10-11,17-22H2,1-4H3,(H,32,35)/t28-/m0/s1. The molecule has 2 fully saturated rings. The van der Waals surface area contributed by atoms with Gasteiger partial charge in [0.1, 0.15) is 5.75 Å². The van der Waals surface area contributed by atoms with E-state index in [4.69, 9.17) is 4.74 Å². The summed E-state index contributed by atoms with van der Waals surface area (Å²) < 4.78 is 5.46. The van der Waals surface area contributed by atoms with Crippen molar-refractivity contribution in [1.82, 2.24) is 15.1 Å². The van der Waals surface area contributed by atoms with Gasteiger partial charge in [-0.25, -0.2) is 0 Å². The third kappa shape index (κ3) is 6.72. The first-order valence-electron chi connectivity index (χ1n) is 13.8. The maximum absolute atomic E-state index is 13.5. The maximum atomic E-state index is 13.5. The molecular weight excluding hydrogens is 462 g/mol. The predicted molar refractivity (Wildman–Crippen MR) is 148 cm³/mol. The molecule has 0 radical (unpaired) electrons. The summed E-state index contributed by atoms with van der Waals surface area (Å²) in [6.07, 6.45) is 5.33. The first kappa shape index (κ1) is 27.2. The molecule has 6 heteroatoms. The number of hydrogen-bond acceptors (Lipinski definition) is 4. The van der Waals surface area contributed by atoms with E-state index < -0.39 is 0 Å². The quantitative estimate of drug-likeness (QED) is 0.567. The monoisotopic (exact) mass is 505 g/mol. The minimum Gasteiger partial charge on any atom is -0.496 e. The van der Waals surface area contributed by atoms with Crippen molar-refractivity contribution in [2.24, 2.45) is 5.92 Å². The molecule has 4 rings (SSSR count). The third-order valence-corrected chi connectivity index (χ3v) is 7.99. The van der Waals surface area contributed by atoms with Crippen LogP contribution in [-0.2, 0) is 16.6 Å². The number of nitrogens with zero attached hydrogens (tertiary/aromatic N) is 2. The number of amides is 2. The maximum Gasteiger partial charge on any atom is 0.253 e. The van der Waals surface area contributed by atoms with Crippen molar-refractivity contribution in [3.63, 3.8) is 0 Å². The molecule has 1 saturated heterocycles. The largest absolute Gasteiger partial charge is 0.496 e. The van der Waals surface area contributed by atoms with Crippen molar-refractivity contribution >= 4 is 11.8 Å². The molecule has 1 heterocycles. The molecule has 1 aliphatic heterocycles. The molecule has 1 atom stereocenters. The van der Waals surface area contributed by atoms with Crippen LogP contribution in [0.4, 0.5) is 0 Å². The summed E-state index contributed by atoms with van der Waals surface area (Å²) in [7, 11) is 1.68. The lowest BCUT2D eigenvalue weighted by Crippen LogP contribution is -2.58. The minimum absolute atomic E-state index is 0.0657. The Morgan fingerprint density at radius 3 is 2.24 bits per heavy atom. The number of piperazine rings is 1. The number of nitrogens with one attached hydrogen (secondary N) is 1. The minimum atomic E-state index is -0.122. The number of rotatable bonds is 8. The summed E-state index contributed by atoms with van der Waals surface area (Å²) in [6, 6.07) is 15.9. The second kappa shape index (κ2) is 12.1. The first-order valence-corrected chi connectivity index (χ1v) is 13.8. The Kier molecular flexibility index (Phi) is 8.91. The van der Waals surface area contributed by atoms with Gasteiger partial charge in [0.2, 0.25) is 5.91 Å². The molecule has 0 aromatic heterocycles. The van der Waals surface area contributed by atoms with Crippen LogP contribution in [-0.4, -0.2) is 67.5 Å². The Labute approximate surface area is 222 Å². The number of hydrogen-bond donors (Lipinski definition) is 1. The Morgan fingerprint density at radius 2 is 1.62 bits per heavy atom. The highest BCUT2D eigenvalue weighted by Gasteiger charge is 2.37. The lowest BCUT2D eigenvalue weighted by atomic mass is 9.86. The molecule has 1 aliphatic carbocycles. The van der Waals surface area contributed by atoms with Gasteiger partial charge in [-0.15, -0.1) is 0 Å². The van der Waals surface area contributed by atoms with Crippen LogP contribution in [0.3, 0.4) is 0 Å². The number of carbonyl (C=O) groups excluding carboxylic acids is 2. The van der Waals surface area contributed by atoms with E-state index in [2.05, 4.69) is 43.1 Å². The van der Waals surface area contributed by atoms with Gasteiger partial charge in [0.15, 0.2) is 0 Å². The lowest BCUT2D eigenvalue weighted by Gasteiger charge is -2.40. The number of methoxy groups -OCH3 is 1. The number of benzene rings is 2. The summed E-state index contributed by atoms with van der Waals surface area (Å²) in [4.78, 5) is 30.9. The number of ether oxygens (including phenoxy) is 1. The van der Waals surface area contributed by atoms with Gasteiger partial charge in [0.25, 0.3) is 5.91 Å². The fraction of sp³-hybridized carbons (Fsp3) is 0.548. The Hall–Kier alpha value is -2.86. The fourth-order valence-corrected chi connectivity index (χ4v) is 5.78. The van der Waals surface area contributed by atoms with E-state index in [0.29, 0.717) is 25.6 Å². The highest BCUT2D eigenvalue weighted by Crippen LogP contribution is 2.31. The van der Waals surface area contributed by atoms with Crippen LogP contribution >= 0.6 is 0 Å². The zero-order valence-electron chi connectivity index (χ0n) is 23.0. The fourth-order valence-electron chi connectivity index (χ4n) is 5.78. The van der Waals surface area contributed by atoms with Gasteiger partial charge in [-0.05, 0) is 59.9 Å². The molecule has 1 N–H and O–H groups in total. The molecule has 6 nitrogen and oxygen atoms in total. The Bertz CT molecular complexity index is 1050. The third-order valence-electron chi connectivity index (χ3n) is 7.99. The van der Waals surface area contributed by atoms with E-state index in [1.165, 1.54) is 18.4 Å². The van der Waals surface area contributed by atoms with Crippen molar-refractivity contribution < 1.29 is 14.3 Å². The molecule has 0 unspecified atom stereocenters. The molecule has 37 heavy (non-hydrogen) atoms. The van der Waals surface area contributed by atoms with Crippen LogP contribution in [0.25, 0.3) is 0 Å². The SMILES string of the molecule is COc1ccccc1CCNC(=O)[C@H](C1CCCC1)N1CCN(C(=O)c2ccc(C(C)(C)C)cc2)CC1. The number of para-hydroxylation sites is 1. The van der Waals surface area contributed by atoms with Crippen molar-refractivity contribution in [1.29, 1.82) is 0 Å². The van der Waals surface area contributed by atoms with E-state index >= 15 is 0 Å². The summed E-state index contributed by atoms with van der Waals surface area (Å²) in [5, 5.41) is 3.22. The molecule has 2 aromatic carbocycles. The van der Waals surface area contributed by atoms with Crippen LogP contribution < -0.4 is 10.1 Å². The molecule has 200 valence electrons. The molecule has 2 amide bonds. The first-order chi connectivity index (χ1) is 17.8. The summed E-state index contributed by atoms with van der Waals surface area (Å²) in [6.45, 7) is 9.88. The van der Waals surface area contributed by atoms with Gasteiger partial charge in [-0.1, -0.05) is 63.9 Å². The summed E-state index contributed by atoms with van der Waals surface area (Å²) in [5.41, 5.74) is 3.13. The molecule has 1 saturated carbocycles. The highest BCUT2D eigenvalue weighted by atomic mass is 16.5. The zero-order valence-corrected chi connectivity index (χ0v) is 23.0. The van der Waals surface area contributed by atoms with Crippen LogP contribution in [0, 0.1) is 5.92 Å². The lowest BCUT2D eigenvalue weighted by molar-refractivity contribution is -0.129. The van der Waals surface area contributed by atoms with Crippen molar-refractivity contribution in [2.45, 2.75) is 64.3 Å². The molecule has 0 spiro atoms. The zero-order chi connectivity index (χ0) is 26.4. The van der Waals surface area contributed by atoms with Crippen LogP contribution in [0.5, 0.6) is 5.75 Å². The smallest absolute Gasteiger partial charge is 0.253 e. The number of carbonyl (C=O) groups is 2. The summed E-state index contributed by atoms with van der Waals surface area (Å²) >= 11 is 0. The van der Waals surface area contributed by atoms with E-state index in [1.807, 2.05) is 41.3 Å². The molecule has 0 bridgehead atoms. The Morgan fingerprint density at radius 1 is 0.973 bits per heavy atom. The normalized spacial score (nSPS) is 18.0. The van der Waals surface area contributed by atoms with Gasteiger partial charge in [-0.3, -0.25) is 14.5 Å². The van der Waals surface area contributed by atoms with Gasteiger partial charge in [0.05, 0.1) is 13.2 Å². The van der Waals surface area contributed by atoms with E-state index in [0.717, 1.165) is 49.2 Å². The van der Waals surface area contributed by atoms with Gasteiger partial charge < -0.3 is 15.0 Å². The average molecular weight is 506 g/mol. The van der Waals surface area contributed by atoms with Crippen LogP contribution in [0.2, 0.25) is 0 Å². The topological polar surface area (TPSA) is 61.9 Å². The van der Waals surface area contributed by atoms with E-state index in [-0.39, 0.29) is 23.3 Å². The second-order valence-electron chi connectivity index (χ2n) is 11.5. The molecule has 2 aliphatic rings. The van der Waals surface area contributed by atoms with Gasteiger partial charge >= 0.3 is 0 Å². The van der Waals surface area contributed by atoms with E-state index in [9.17, 15) is 9.59 Å². The van der Waals surface area contributed by atoms with Crippen molar-refractivity contribution in [3.8, 4) is 5.75 Å². The predicted octanol–water partition coefficient (Wildman–Crippen LogP) is 4.67. The van der Waals surface area contributed by atoms with Gasteiger partial charge in [-0.2, -0.15) is 0 Å². The van der Waals surface area contributed by atoms with Crippen molar-refractivity contribution in [2.75, 3.05) is 39.8 Å². The molecular formula is C31H43N3O3. The Balaban J connectivity index is 1.35. The molecule has 2 aromatic rings. The average Bonchev–Trinajstić information content (AvgIpc) is 3.43. The van der Waals surface area contributed by atoms with Crippen LogP contribution in [0.1, 0.15) is 67.9 Å². The van der Waals surface area contributed by atoms with Crippen molar-refractivity contribution in [3.05, 3.63) is 65.2 Å². The van der Waals surface area contributed by atoms with Crippen LogP contribution in [0.15, 0.2) is 48.5 Å². The second-order valence-corrected chi connectivity index (χ2v) is 11.5. The van der Waals surface area contributed by atoms with Gasteiger partial charge in [0, 0.05) is 38.3 Å². The van der Waals surface area contributed by atoms with E-state index in [1.54, 1.807) is 7.11 Å².